The molecule has 0 bridgehead atoms. The van der Waals surface area contributed by atoms with Crippen LogP contribution in [0, 0.1) is 13.8 Å². The molecule has 0 fully saturated rings. The SMILES string of the molecule is COc1ccc(NC(=O)NC(=O)N(c2ccc(C)cc2)S(=O)(=O)c2ccccc2)c(C)c1. The molecule has 3 aromatic carbocycles. The highest BCUT2D eigenvalue weighted by atomic mass is 32.2. The van der Waals surface area contributed by atoms with Crippen molar-refractivity contribution in [3.05, 3.63) is 83.9 Å². The standard InChI is InChI=1S/C23H23N3O5S/c1-16-9-11-18(12-10-16)26(32(29,30)20-7-5-4-6-8-20)23(28)25-22(27)24-21-14-13-19(31-3)15-17(21)2/h4-15H,1-3H3,(H2,24,25,27,28). The first-order valence-electron chi connectivity index (χ1n) is 9.66. The molecule has 4 amide bonds. The first-order valence-corrected chi connectivity index (χ1v) is 11.1. The van der Waals surface area contributed by atoms with E-state index in [0.29, 0.717) is 21.3 Å². The van der Waals surface area contributed by atoms with Crippen molar-refractivity contribution in [3.63, 3.8) is 0 Å². The van der Waals surface area contributed by atoms with Crippen LogP contribution in [-0.2, 0) is 10.0 Å². The number of nitrogens with one attached hydrogen (secondary N) is 2. The topological polar surface area (TPSA) is 105 Å². The minimum absolute atomic E-state index is 0.0814. The number of amides is 4. The maximum absolute atomic E-state index is 13.2. The number of nitrogens with zero attached hydrogens (tertiary/aromatic N) is 1. The quantitative estimate of drug-likeness (QED) is 0.594. The molecular weight excluding hydrogens is 430 g/mol. The highest BCUT2D eigenvalue weighted by molar-refractivity contribution is 7.93. The molecule has 0 saturated heterocycles. The summed E-state index contributed by atoms with van der Waals surface area (Å²) in [6.07, 6.45) is 0. The third-order valence-electron chi connectivity index (χ3n) is 4.64. The fourth-order valence-electron chi connectivity index (χ4n) is 2.95. The second kappa shape index (κ2) is 9.52. The zero-order valence-electron chi connectivity index (χ0n) is 17.8. The number of carbonyl (C=O) groups is 2. The van der Waals surface area contributed by atoms with Crippen molar-refractivity contribution >= 4 is 33.5 Å². The van der Waals surface area contributed by atoms with Gasteiger partial charge in [0.2, 0.25) is 0 Å². The molecule has 0 aliphatic carbocycles. The lowest BCUT2D eigenvalue weighted by atomic mass is 10.2. The lowest BCUT2D eigenvalue weighted by Gasteiger charge is -2.23. The van der Waals surface area contributed by atoms with Gasteiger partial charge in [0.25, 0.3) is 10.0 Å². The predicted molar refractivity (Wildman–Crippen MR) is 123 cm³/mol. The van der Waals surface area contributed by atoms with Crippen LogP contribution in [0.3, 0.4) is 0 Å². The molecule has 0 saturated carbocycles. The Bertz CT molecular complexity index is 1230. The first kappa shape index (κ1) is 22.8. The summed E-state index contributed by atoms with van der Waals surface area (Å²) in [6, 6.07) is 16.9. The van der Waals surface area contributed by atoms with Crippen molar-refractivity contribution in [2.24, 2.45) is 0 Å². The second-order valence-electron chi connectivity index (χ2n) is 6.98. The summed E-state index contributed by atoms with van der Waals surface area (Å²) in [7, 11) is -2.75. The Hall–Kier alpha value is -3.85. The summed E-state index contributed by atoms with van der Waals surface area (Å²) in [5, 5.41) is 4.65. The summed E-state index contributed by atoms with van der Waals surface area (Å²) in [4.78, 5) is 25.4. The number of benzene rings is 3. The molecule has 166 valence electrons. The molecule has 0 heterocycles. The molecule has 0 aliphatic heterocycles. The maximum Gasteiger partial charge on any atom is 0.344 e. The Morgan fingerprint density at radius 2 is 1.56 bits per heavy atom. The van der Waals surface area contributed by atoms with Crippen molar-refractivity contribution in [3.8, 4) is 5.75 Å². The van der Waals surface area contributed by atoms with Gasteiger partial charge >= 0.3 is 12.1 Å². The van der Waals surface area contributed by atoms with Gasteiger partial charge in [-0.05, 0) is 61.9 Å². The highest BCUT2D eigenvalue weighted by Gasteiger charge is 2.32. The summed E-state index contributed by atoms with van der Waals surface area (Å²) < 4.78 is 32.2. The second-order valence-corrected chi connectivity index (χ2v) is 8.77. The van der Waals surface area contributed by atoms with Crippen molar-refractivity contribution in [2.75, 3.05) is 16.7 Å². The van der Waals surface area contributed by atoms with Gasteiger partial charge in [-0.3, -0.25) is 5.32 Å². The number of sulfonamides is 1. The minimum Gasteiger partial charge on any atom is -0.497 e. The van der Waals surface area contributed by atoms with E-state index < -0.39 is 22.1 Å². The zero-order valence-corrected chi connectivity index (χ0v) is 18.6. The Labute approximate surface area is 186 Å². The lowest BCUT2D eigenvalue weighted by molar-refractivity contribution is 0.238. The van der Waals surface area contributed by atoms with Crippen LogP contribution in [0.15, 0.2) is 77.7 Å². The van der Waals surface area contributed by atoms with E-state index in [2.05, 4.69) is 10.6 Å². The maximum atomic E-state index is 13.2. The fraction of sp³-hybridized carbons (Fsp3) is 0.130. The van der Waals surface area contributed by atoms with Gasteiger partial charge in [0.1, 0.15) is 5.75 Å². The smallest absolute Gasteiger partial charge is 0.344 e. The van der Waals surface area contributed by atoms with E-state index in [1.54, 1.807) is 55.5 Å². The Kier molecular flexibility index (Phi) is 6.79. The molecule has 3 rings (SSSR count). The van der Waals surface area contributed by atoms with Crippen LogP contribution in [-0.4, -0.2) is 27.6 Å². The van der Waals surface area contributed by atoms with E-state index in [4.69, 9.17) is 4.74 Å². The summed E-state index contributed by atoms with van der Waals surface area (Å²) in [6.45, 7) is 3.60. The molecule has 0 unspecified atom stereocenters. The molecule has 3 aromatic rings. The van der Waals surface area contributed by atoms with Crippen LogP contribution in [0.4, 0.5) is 21.0 Å². The largest absolute Gasteiger partial charge is 0.497 e. The average Bonchev–Trinajstić information content (AvgIpc) is 2.77. The van der Waals surface area contributed by atoms with Crippen LogP contribution in [0.25, 0.3) is 0 Å². The normalized spacial score (nSPS) is 10.8. The number of anilines is 2. The molecule has 0 spiro atoms. The van der Waals surface area contributed by atoms with E-state index in [9.17, 15) is 18.0 Å². The van der Waals surface area contributed by atoms with E-state index in [0.717, 1.165) is 5.56 Å². The Morgan fingerprint density at radius 1 is 0.906 bits per heavy atom. The van der Waals surface area contributed by atoms with Gasteiger partial charge in [0.15, 0.2) is 0 Å². The third kappa shape index (κ3) is 5.06. The number of methoxy groups -OCH3 is 1. The van der Waals surface area contributed by atoms with Crippen molar-refractivity contribution in [1.82, 2.24) is 5.32 Å². The van der Waals surface area contributed by atoms with E-state index >= 15 is 0 Å². The number of ether oxygens (including phenoxy) is 1. The van der Waals surface area contributed by atoms with Crippen LogP contribution in [0.5, 0.6) is 5.75 Å². The van der Waals surface area contributed by atoms with Crippen LogP contribution >= 0.6 is 0 Å². The summed E-state index contributed by atoms with van der Waals surface area (Å²) in [5.74, 6) is 0.615. The Balaban J connectivity index is 1.89. The number of imide groups is 1. The highest BCUT2D eigenvalue weighted by Crippen LogP contribution is 2.25. The van der Waals surface area contributed by atoms with Crippen LogP contribution in [0.1, 0.15) is 11.1 Å². The number of rotatable bonds is 5. The molecule has 0 aliphatic rings. The minimum atomic E-state index is -4.28. The third-order valence-corrected chi connectivity index (χ3v) is 6.36. The fourth-order valence-corrected chi connectivity index (χ4v) is 4.32. The molecule has 2 N–H and O–H groups in total. The predicted octanol–water partition coefficient (Wildman–Crippen LogP) is 4.45. The monoisotopic (exact) mass is 453 g/mol. The van der Waals surface area contributed by atoms with Gasteiger partial charge < -0.3 is 10.1 Å². The van der Waals surface area contributed by atoms with Gasteiger partial charge in [0.05, 0.1) is 17.7 Å². The van der Waals surface area contributed by atoms with Gasteiger partial charge in [0, 0.05) is 5.69 Å². The summed E-state index contributed by atoms with van der Waals surface area (Å²) in [5.41, 5.74) is 2.15. The van der Waals surface area contributed by atoms with Gasteiger partial charge in [-0.15, -0.1) is 0 Å². The number of urea groups is 2. The molecule has 9 heteroatoms. The number of hydrogen-bond donors (Lipinski definition) is 2. The van der Waals surface area contributed by atoms with Crippen LogP contribution < -0.4 is 19.7 Å². The summed E-state index contributed by atoms with van der Waals surface area (Å²) >= 11 is 0. The number of aryl methyl sites for hydroxylation is 2. The zero-order chi connectivity index (χ0) is 23.3. The molecular formula is C23H23N3O5S. The first-order chi connectivity index (χ1) is 15.2. The molecule has 8 nitrogen and oxygen atoms in total. The van der Waals surface area contributed by atoms with E-state index in [1.807, 2.05) is 6.92 Å². The molecule has 0 aromatic heterocycles. The Morgan fingerprint density at radius 3 is 2.16 bits per heavy atom. The molecule has 0 radical (unpaired) electrons. The van der Waals surface area contributed by atoms with E-state index in [-0.39, 0.29) is 10.6 Å². The van der Waals surface area contributed by atoms with E-state index in [1.165, 1.54) is 31.4 Å². The van der Waals surface area contributed by atoms with Crippen molar-refractivity contribution < 1.29 is 22.7 Å². The number of carbonyl (C=O) groups excluding carboxylic acids is 2. The van der Waals surface area contributed by atoms with Gasteiger partial charge in [-0.25, -0.2) is 18.0 Å². The van der Waals surface area contributed by atoms with Crippen molar-refractivity contribution in [2.45, 2.75) is 18.7 Å². The van der Waals surface area contributed by atoms with Gasteiger partial charge in [-0.1, -0.05) is 35.9 Å². The average molecular weight is 454 g/mol. The molecule has 0 atom stereocenters. The lowest BCUT2D eigenvalue weighted by Crippen LogP contribution is -2.47. The molecule has 32 heavy (non-hydrogen) atoms. The van der Waals surface area contributed by atoms with Gasteiger partial charge in [-0.2, -0.15) is 4.31 Å². The number of hydrogen-bond acceptors (Lipinski definition) is 5. The van der Waals surface area contributed by atoms with Crippen LogP contribution in [0.2, 0.25) is 0 Å². The van der Waals surface area contributed by atoms with Crippen molar-refractivity contribution in [1.29, 1.82) is 0 Å².